The number of rotatable bonds is 3. The molecule has 0 fully saturated rings. The fourth-order valence-electron chi connectivity index (χ4n) is 1.72. The van der Waals surface area contributed by atoms with Gasteiger partial charge in [-0.15, -0.1) is 10.2 Å². The molecule has 20 heavy (non-hydrogen) atoms. The van der Waals surface area contributed by atoms with Gasteiger partial charge in [-0.2, -0.15) is 0 Å². The topological polar surface area (TPSA) is 92.4 Å². The Balaban J connectivity index is 1.99. The number of hydrogen-bond acceptors (Lipinski definition) is 5. The van der Waals surface area contributed by atoms with E-state index in [-0.39, 0.29) is 10.6 Å². The highest BCUT2D eigenvalue weighted by Gasteiger charge is 2.10. The SMILES string of the molecule is O=C(O)c1ccc(Nc2nccn3cnnc23)c(Cl)c1. The molecule has 0 amide bonds. The van der Waals surface area contributed by atoms with E-state index in [1.807, 2.05) is 0 Å². The average Bonchev–Trinajstić information content (AvgIpc) is 2.90. The summed E-state index contributed by atoms with van der Waals surface area (Å²) >= 11 is 6.05. The van der Waals surface area contributed by atoms with E-state index in [0.717, 1.165) is 0 Å². The van der Waals surface area contributed by atoms with Gasteiger partial charge in [0.25, 0.3) is 0 Å². The first-order valence-electron chi connectivity index (χ1n) is 5.59. The third kappa shape index (κ3) is 2.14. The molecule has 2 N–H and O–H groups in total. The molecule has 8 heteroatoms. The van der Waals surface area contributed by atoms with Gasteiger partial charge in [0.2, 0.25) is 5.65 Å². The van der Waals surface area contributed by atoms with E-state index in [1.165, 1.54) is 12.1 Å². The highest BCUT2D eigenvalue weighted by atomic mass is 35.5. The first-order valence-corrected chi connectivity index (χ1v) is 5.97. The number of nitrogens with one attached hydrogen (secondary N) is 1. The zero-order valence-electron chi connectivity index (χ0n) is 9.99. The molecule has 2 aromatic heterocycles. The van der Waals surface area contributed by atoms with Gasteiger partial charge < -0.3 is 10.4 Å². The first-order chi connectivity index (χ1) is 9.65. The average molecular weight is 290 g/mol. The second-order valence-corrected chi connectivity index (χ2v) is 4.37. The zero-order valence-corrected chi connectivity index (χ0v) is 10.7. The molecule has 1 aromatic carbocycles. The molecule has 0 atom stereocenters. The van der Waals surface area contributed by atoms with Gasteiger partial charge in [-0.1, -0.05) is 11.6 Å². The summed E-state index contributed by atoms with van der Waals surface area (Å²) < 4.78 is 1.70. The van der Waals surface area contributed by atoms with Crippen LogP contribution in [0.15, 0.2) is 36.9 Å². The second-order valence-electron chi connectivity index (χ2n) is 3.96. The van der Waals surface area contributed by atoms with Gasteiger partial charge in [0.05, 0.1) is 16.3 Å². The summed E-state index contributed by atoms with van der Waals surface area (Å²) in [6.07, 6.45) is 4.87. The van der Waals surface area contributed by atoms with Gasteiger partial charge >= 0.3 is 5.97 Å². The molecule has 0 saturated heterocycles. The first kappa shape index (κ1) is 12.4. The van der Waals surface area contributed by atoms with Crippen molar-refractivity contribution in [2.75, 3.05) is 5.32 Å². The minimum absolute atomic E-state index is 0.120. The van der Waals surface area contributed by atoms with Gasteiger partial charge in [-0.05, 0) is 18.2 Å². The number of halogens is 1. The molecule has 3 rings (SSSR count). The molecule has 0 bridgehead atoms. The molecule has 3 aromatic rings. The van der Waals surface area contributed by atoms with E-state index in [0.29, 0.717) is 17.2 Å². The molecule has 0 saturated carbocycles. The summed E-state index contributed by atoms with van der Waals surface area (Å²) in [5, 5.41) is 19.9. The molecule has 0 aliphatic heterocycles. The van der Waals surface area contributed by atoms with Crippen LogP contribution in [0.5, 0.6) is 0 Å². The third-order valence-corrected chi connectivity index (χ3v) is 3.00. The lowest BCUT2D eigenvalue weighted by Gasteiger charge is -2.08. The second kappa shape index (κ2) is 4.78. The van der Waals surface area contributed by atoms with Crippen LogP contribution in [0, 0.1) is 0 Å². The fraction of sp³-hybridized carbons (Fsp3) is 0. The lowest BCUT2D eigenvalue weighted by molar-refractivity contribution is 0.0697. The van der Waals surface area contributed by atoms with Gasteiger partial charge in [0, 0.05) is 12.4 Å². The van der Waals surface area contributed by atoms with Gasteiger partial charge in [-0.3, -0.25) is 4.40 Å². The van der Waals surface area contributed by atoms with Crippen molar-refractivity contribution in [2.24, 2.45) is 0 Å². The van der Waals surface area contributed by atoms with Crippen LogP contribution in [-0.2, 0) is 0 Å². The Morgan fingerprint density at radius 1 is 1.40 bits per heavy atom. The maximum absolute atomic E-state index is 10.8. The summed E-state index contributed by atoms with van der Waals surface area (Å²) in [4.78, 5) is 15.0. The van der Waals surface area contributed by atoms with Crippen molar-refractivity contribution >= 4 is 34.7 Å². The summed E-state index contributed by atoms with van der Waals surface area (Å²) in [7, 11) is 0. The van der Waals surface area contributed by atoms with Gasteiger partial charge in [0.15, 0.2) is 5.82 Å². The minimum Gasteiger partial charge on any atom is -0.478 e. The minimum atomic E-state index is -1.03. The Kier molecular flexibility index (Phi) is 2.96. The van der Waals surface area contributed by atoms with Crippen LogP contribution in [0.3, 0.4) is 0 Å². The number of carbonyl (C=O) groups is 1. The van der Waals surface area contributed by atoms with Crippen LogP contribution in [0.2, 0.25) is 5.02 Å². The highest BCUT2D eigenvalue weighted by molar-refractivity contribution is 6.33. The van der Waals surface area contributed by atoms with Crippen LogP contribution in [-0.4, -0.2) is 30.7 Å². The van der Waals surface area contributed by atoms with E-state index < -0.39 is 5.97 Å². The van der Waals surface area contributed by atoms with Crippen LogP contribution >= 0.6 is 11.6 Å². The molecule has 0 unspecified atom stereocenters. The van der Waals surface area contributed by atoms with Gasteiger partial charge in [-0.25, -0.2) is 9.78 Å². The Bertz CT molecular complexity index is 801. The van der Waals surface area contributed by atoms with Crippen molar-refractivity contribution in [1.29, 1.82) is 0 Å². The van der Waals surface area contributed by atoms with Crippen molar-refractivity contribution in [2.45, 2.75) is 0 Å². The molecule has 100 valence electrons. The monoisotopic (exact) mass is 289 g/mol. The van der Waals surface area contributed by atoms with Crippen LogP contribution in [0.25, 0.3) is 5.65 Å². The van der Waals surface area contributed by atoms with Crippen molar-refractivity contribution < 1.29 is 9.90 Å². The van der Waals surface area contributed by atoms with Crippen molar-refractivity contribution in [3.05, 3.63) is 47.5 Å². The molecule has 2 heterocycles. The summed E-state index contributed by atoms with van der Waals surface area (Å²) in [6, 6.07) is 4.41. The maximum atomic E-state index is 10.8. The van der Waals surface area contributed by atoms with Gasteiger partial charge in [0.1, 0.15) is 6.33 Å². The molecule has 0 radical (unpaired) electrons. The lowest BCUT2D eigenvalue weighted by Crippen LogP contribution is -2.00. The molecule has 0 aliphatic rings. The number of benzene rings is 1. The number of aromatic nitrogens is 4. The van der Waals surface area contributed by atoms with E-state index >= 15 is 0 Å². The molecule has 7 nitrogen and oxygen atoms in total. The van der Waals surface area contributed by atoms with E-state index in [2.05, 4.69) is 20.5 Å². The summed E-state index contributed by atoms with van der Waals surface area (Å²) in [5.74, 6) is -0.550. The van der Waals surface area contributed by atoms with E-state index in [1.54, 1.807) is 29.2 Å². The predicted molar refractivity (Wildman–Crippen MR) is 72.5 cm³/mol. The normalized spacial score (nSPS) is 10.7. The Morgan fingerprint density at radius 3 is 3.00 bits per heavy atom. The summed E-state index contributed by atoms with van der Waals surface area (Å²) in [6.45, 7) is 0. The van der Waals surface area contributed by atoms with Crippen LogP contribution in [0.1, 0.15) is 10.4 Å². The lowest BCUT2D eigenvalue weighted by atomic mass is 10.2. The Labute approximate surface area is 117 Å². The van der Waals surface area contributed by atoms with Crippen LogP contribution < -0.4 is 5.32 Å². The maximum Gasteiger partial charge on any atom is 0.335 e. The molecular formula is C12H8ClN5O2. The third-order valence-electron chi connectivity index (χ3n) is 2.68. The van der Waals surface area contributed by atoms with Crippen molar-refractivity contribution in [3.63, 3.8) is 0 Å². The largest absolute Gasteiger partial charge is 0.478 e. The fourth-order valence-corrected chi connectivity index (χ4v) is 1.95. The number of fused-ring (bicyclic) bond motifs is 1. The quantitative estimate of drug-likeness (QED) is 0.768. The number of anilines is 2. The number of carboxylic acids is 1. The zero-order chi connectivity index (χ0) is 14.1. The van der Waals surface area contributed by atoms with E-state index in [4.69, 9.17) is 16.7 Å². The molecule has 0 aliphatic carbocycles. The van der Waals surface area contributed by atoms with Crippen molar-refractivity contribution in [3.8, 4) is 0 Å². The molecular weight excluding hydrogens is 282 g/mol. The van der Waals surface area contributed by atoms with E-state index in [9.17, 15) is 4.79 Å². The highest BCUT2D eigenvalue weighted by Crippen LogP contribution is 2.26. The van der Waals surface area contributed by atoms with Crippen molar-refractivity contribution in [1.82, 2.24) is 19.6 Å². The molecule has 0 spiro atoms. The smallest absolute Gasteiger partial charge is 0.335 e. The predicted octanol–water partition coefficient (Wildman–Crippen LogP) is 2.22. The number of nitrogens with zero attached hydrogens (tertiary/aromatic N) is 4. The number of carboxylic acid groups (broad SMARTS) is 1. The standard InChI is InChI=1S/C12H8ClN5O2/c13-8-5-7(12(19)20)1-2-9(8)16-10-11-17-15-6-18(11)4-3-14-10/h1-6H,(H,14,16)(H,19,20). The summed E-state index contributed by atoms with van der Waals surface area (Å²) in [5.41, 5.74) is 1.21. The number of aromatic carboxylic acids is 1. The van der Waals surface area contributed by atoms with Crippen LogP contribution in [0.4, 0.5) is 11.5 Å². The Hall–Kier alpha value is -2.67. The number of hydrogen-bond donors (Lipinski definition) is 2. The Morgan fingerprint density at radius 2 is 2.25 bits per heavy atom.